The van der Waals surface area contributed by atoms with Gasteiger partial charge in [0, 0.05) is 18.6 Å². The van der Waals surface area contributed by atoms with Crippen LogP contribution in [0.2, 0.25) is 0 Å². The molecule has 0 aliphatic heterocycles. The van der Waals surface area contributed by atoms with Crippen molar-refractivity contribution in [1.29, 1.82) is 0 Å². The molecule has 2 nitrogen and oxygen atoms in total. The quantitative estimate of drug-likeness (QED) is 0.748. The van der Waals surface area contributed by atoms with Crippen LogP contribution >= 0.6 is 0 Å². The maximum absolute atomic E-state index is 3.72. The van der Waals surface area contributed by atoms with Gasteiger partial charge in [0.1, 0.15) is 0 Å². The minimum atomic E-state index is 0.718. The minimum Gasteiger partial charge on any atom is -0.313 e. The Hall–Kier alpha value is -0.0800. The number of nitrogens with zero attached hydrogens (tertiary/aromatic N) is 1. The van der Waals surface area contributed by atoms with Crippen molar-refractivity contribution < 1.29 is 0 Å². The molecule has 1 aliphatic rings. The molecule has 0 aromatic heterocycles. The van der Waals surface area contributed by atoms with Crippen molar-refractivity contribution in [3.8, 4) is 0 Å². The van der Waals surface area contributed by atoms with Gasteiger partial charge in [0.15, 0.2) is 0 Å². The second kappa shape index (κ2) is 8.16. The Bertz CT molecular complexity index is 215. The normalized spacial score (nSPS) is 30.7. The molecule has 1 aliphatic carbocycles. The van der Waals surface area contributed by atoms with Crippen LogP contribution in [-0.2, 0) is 0 Å². The molecule has 4 unspecified atom stereocenters. The molecule has 0 radical (unpaired) electrons. The van der Waals surface area contributed by atoms with E-state index < -0.39 is 0 Å². The summed E-state index contributed by atoms with van der Waals surface area (Å²) in [5.74, 6) is 1.72. The van der Waals surface area contributed by atoms with Crippen molar-refractivity contribution in [2.24, 2.45) is 11.8 Å². The van der Waals surface area contributed by atoms with Gasteiger partial charge in [0.25, 0.3) is 0 Å². The van der Waals surface area contributed by atoms with Gasteiger partial charge < -0.3 is 5.32 Å². The van der Waals surface area contributed by atoms with Crippen LogP contribution in [0.4, 0.5) is 0 Å². The van der Waals surface area contributed by atoms with E-state index in [9.17, 15) is 0 Å². The number of hydrogen-bond acceptors (Lipinski definition) is 2. The van der Waals surface area contributed by atoms with E-state index in [0.717, 1.165) is 30.5 Å². The summed E-state index contributed by atoms with van der Waals surface area (Å²) in [5, 5.41) is 3.72. The van der Waals surface area contributed by atoms with Crippen molar-refractivity contribution in [2.45, 2.75) is 72.4 Å². The van der Waals surface area contributed by atoms with Crippen molar-refractivity contribution in [3.63, 3.8) is 0 Å². The molecule has 0 heterocycles. The standard InChI is InChI=1S/C16H34N2/c1-6-13(4)12-18(8-3)16-11-14(5)9-10-15(16)17-7-2/h13-17H,6-12H2,1-5H3. The fourth-order valence-corrected chi connectivity index (χ4v) is 3.28. The van der Waals surface area contributed by atoms with Crippen LogP contribution < -0.4 is 5.32 Å². The van der Waals surface area contributed by atoms with E-state index in [1.165, 1.54) is 38.8 Å². The Morgan fingerprint density at radius 1 is 1.22 bits per heavy atom. The predicted octanol–water partition coefficient (Wildman–Crippen LogP) is 3.52. The van der Waals surface area contributed by atoms with E-state index in [4.69, 9.17) is 0 Å². The van der Waals surface area contributed by atoms with E-state index in [1.807, 2.05) is 0 Å². The number of nitrogens with one attached hydrogen (secondary N) is 1. The molecule has 1 saturated carbocycles. The minimum absolute atomic E-state index is 0.718. The highest BCUT2D eigenvalue weighted by Gasteiger charge is 2.32. The van der Waals surface area contributed by atoms with E-state index in [-0.39, 0.29) is 0 Å². The maximum atomic E-state index is 3.72. The zero-order valence-corrected chi connectivity index (χ0v) is 13.2. The van der Waals surface area contributed by atoms with Crippen molar-refractivity contribution >= 4 is 0 Å². The van der Waals surface area contributed by atoms with E-state index >= 15 is 0 Å². The number of rotatable bonds is 7. The monoisotopic (exact) mass is 254 g/mol. The average molecular weight is 254 g/mol. The Morgan fingerprint density at radius 2 is 1.94 bits per heavy atom. The van der Waals surface area contributed by atoms with Crippen LogP contribution in [0.3, 0.4) is 0 Å². The fourth-order valence-electron chi connectivity index (χ4n) is 3.28. The van der Waals surface area contributed by atoms with Crippen LogP contribution in [-0.4, -0.2) is 36.6 Å². The summed E-state index contributed by atoms with van der Waals surface area (Å²) < 4.78 is 0. The molecular weight excluding hydrogens is 220 g/mol. The van der Waals surface area contributed by atoms with Gasteiger partial charge in [-0.3, -0.25) is 4.90 Å². The topological polar surface area (TPSA) is 15.3 Å². The molecule has 18 heavy (non-hydrogen) atoms. The SMILES string of the molecule is CCNC1CCC(C)CC1N(CC)CC(C)CC. The summed E-state index contributed by atoms with van der Waals surface area (Å²) in [6.45, 7) is 15.3. The molecule has 4 atom stereocenters. The molecule has 0 saturated heterocycles. The number of hydrogen-bond donors (Lipinski definition) is 1. The van der Waals surface area contributed by atoms with E-state index in [0.29, 0.717) is 0 Å². The highest BCUT2D eigenvalue weighted by Crippen LogP contribution is 2.28. The highest BCUT2D eigenvalue weighted by atomic mass is 15.2. The fraction of sp³-hybridized carbons (Fsp3) is 1.00. The zero-order chi connectivity index (χ0) is 13.5. The molecule has 0 bridgehead atoms. The molecule has 1 fully saturated rings. The van der Waals surface area contributed by atoms with Gasteiger partial charge in [0.05, 0.1) is 0 Å². The Kier molecular flexibility index (Phi) is 7.25. The predicted molar refractivity (Wildman–Crippen MR) is 81.0 cm³/mol. The lowest BCUT2D eigenvalue weighted by Crippen LogP contribution is -2.53. The maximum Gasteiger partial charge on any atom is 0.0251 e. The van der Waals surface area contributed by atoms with Gasteiger partial charge in [-0.05, 0) is 44.2 Å². The van der Waals surface area contributed by atoms with Gasteiger partial charge in [-0.25, -0.2) is 0 Å². The highest BCUT2D eigenvalue weighted by molar-refractivity contribution is 4.90. The molecule has 1 rings (SSSR count). The van der Waals surface area contributed by atoms with Crippen molar-refractivity contribution in [3.05, 3.63) is 0 Å². The van der Waals surface area contributed by atoms with Crippen LogP contribution in [0.25, 0.3) is 0 Å². The second-order valence-corrected chi connectivity index (χ2v) is 6.25. The first-order valence-corrected chi connectivity index (χ1v) is 8.09. The summed E-state index contributed by atoms with van der Waals surface area (Å²) in [4.78, 5) is 2.73. The van der Waals surface area contributed by atoms with E-state index in [1.54, 1.807) is 0 Å². The van der Waals surface area contributed by atoms with Crippen LogP contribution in [0.1, 0.15) is 60.3 Å². The lowest BCUT2D eigenvalue weighted by atomic mass is 9.82. The van der Waals surface area contributed by atoms with Gasteiger partial charge in [-0.2, -0.15) is 0 Å². The Labute approximate surface area is 115 Å². The Balaban J connectivity index is 2.64. The van der Waals surface area contributed by atoms with E-state index in [2.05, 4.69) is 44.8 Å². The first kappa shape index (κ1) is 16.0. The first-order valence-electron chi connectivity index (χ1n) is 8.09. The van der Waals surface area contributed by atoms with Gasteiger partial charge in [-0.15, -0.1) is 0 Å². The van der Waals surface area contributed by atoms with Gasteiger partial charge in [0.2, 0.25) is 0 Å². The first-order chi connectivity index (χ1) is 8.62. The average Bonchev–Trinajstić information content (AvgIpc) is 2.38. The third kappa shape index (κ3) is 4.55. The lowest BCUT2D eigenvalue weighted by Gasteiger charge is -2.43. The van der Waals surface area contributed by atoms with Crippen LogP contribution in [0.15, 0.2) is 0 Å². The summed E-state index contributed by atoms with van der Waals surface area (Å²) in [5.41, 5.74) is 0. The smallest absolute Gasteiger partial charge is 0.0251 e. The van der Waals surface area contributed by atoms with Crippen LogP contribution in [0, 0.1) is 11.8 Å². The lowest BCUT2D eigenvalue weighted by molar-refractivity contribution is 0.0927. The van der Waals surface area contributed by atoms with Gasteiger partial charge in [-0.1, -0.05) is 41.0 Å². The molecule has 0 aromatic rings. The molecular formula is C16H34N2. The third-order valence-electron chi connectivity index (χ3n) is 4.66. The molecule has 0 amide bonds. The molecule has 2 heteroatoms. The molecule has 0 aromatic carbocycles. The summed E-state index contributed by atoms with van der Waals surface area (Å²) in [7, 11) is 0. The molecule has 108 valence electrons. The summed E-state index contributed by atoms with van der Waals surface area (Å²) >= 11 is 0. The largest absolute Gasteiger partial charge is 0.313 e. The second-order valence-electron chi connectivity index (χ2n) is 6.25. The summed E-state index contributed by atoms with van der Waals surface area (Å²) in [6, 6.07) is 1.47. The van der Waals surface area contributed by atoms with Gasteiger partial charge >= 0.3 is 0 Å². The molecule has 0 spiro atoms. The third-order valence-corrected chi connectivity index (χ3v) is 4.66. The molecule has 1 N–H and O–H groups in total. The zero-order valence-electron chi connectivity index (χ0n) is 13.2. The number of likely N-dealkylation sites (N-methyl/N-ethyl adjacent to an activating group) is 2. The van der Waals surface area contributed by atoms with Crippen molar-refractivity contribution in [2.75, 3.05) is 19.6 Å². The van der Waals surface area contributed by atoms with Crippen molar-refractivity contribution in [1.82, 2.24) is 10.2 Å². The van der Waals surface area contributed by atoms with Crippen LogP contribution in [0.5, 0.6) is 0 Å². The Morgan fingerprint density at radius 3 is 2.50 bits per heavy atom. The summed E-state index contributed by atoms with van der Waals surface area (Å²) in [6.07, 6.45) is 5.43.